The molecule has 0 aliphatic carbocycles. The first-order chi connectivity index (χ1) is 16.3. The van der Waals surface area contributed by atoms with Crippen LogP contribution >= 0.6 is 0 Å². The number of ether oxygens (including phenoxy) is 1. The Bertz CT molecular complexity index is 1110. The van der Waals surface area contributed by atoms with E-state index in [1.807, 2.05) is 32.0 Å². The molecule has 0 saturated carbocycles. The van der Waals surface area contributed by atoms with Crippen LogP contribution in [0.2, 0.25) is 0 Å². The molecule has 2 aliphatic heterocycles. The van der Waals surface area contributed by atoms with Crippen molar-refractivity contribution < 1.29 is 23.9 Å². The predicted molar refractivity (Wildman–Crippen MR) is 128 cm³/mol. The number of nitrogens with zero attached hydrogens (tertiary/aromatic N) is 2. The normalized spacial score (nSPS) is 17.8. The molecule has 2 aliphatic rings. The topological polar surface area (TPSA) is 96.0 Å². The molecular formula is C26H29N3O5. The molecule has 4 rings (SSSR count). The molecular weight excluding hydrogens is 434 g/mol. The Labute approximate surface area is 198 Å². The van der Waals surface area contributed by atoms with Crippen LogP contribution in [0.1, 0.15) is 47.2 Å². The molecule has 178 valence electrons. The lowest BCUT2D eigenvalue weighted by Gasteiger charge is -2.26. The fourth-order valence-electron chi connectivity index (χ4n) is 4.33. The highest BCUT2D eigenvalue weighted by atomic mass is 16.5. The van der Waals surface area contributed by atoms with Gasteiger partial charge < -0.3 is 15.0 Å². The minimum atomic E-state index is -0.354. The van der Waals surface area contributed by atoms with Gasteiger partial charge in [-0.2, -0.15) is 0 Å². The van der Waals surface area contributed by atoms with Gasteiger partial charge >= 0.3 is 0 Å². The van der Waals surface area contributed by atoms with E-state index in [0.29, 0.717) is 23.5 Å². The fourth-order valence-corrected chi connectivity index (χ4v) is 4.33. The van der Waals surface area contributed by atoms with Gasteiger partial charge in [-0.25, -0.2) is 0 Å². The van der Waals surface area contributed by atoms with Crippen LogP contribution < -0.4 is 10.2 Å². The van der Waals surface area contributed by atoms with E-state index >= 15 is 0 Å². The molecule has 8 nitrogen and oxygen atoms in total. The highest BCUT2D eigenvalue weighted by molar-refractivity contribution is 6.20. The van der Waals surface area contributed by atoms with Gasteiger partial charge in [0, 0.05) is 37.2 Å². The predicted octanol–water partition coefficient (Wildman–Crippen LogP) is 3.22. The lowest BCUT2D eigenvalue weighted by atomic mass is 10.1. The molecule has 1 N–H and O–H groups in total. The van der Waals surface area contributed by atoms with Gasteiger partial charge in [-0.3, -0.25) is 24.1 Å². The summed E-state index contributed by atoms with van der Waals surface area (Å²) in [6.45, 7) is 4.69. The summed E-state index contributed by atoms with van der Waals surface area (Å²) in [6.07, 6.45) is 1.93. The van der Waals surface area contributed by atoms with E-state index in [-0.39, 0.29) is 55.7 Å². The van der Waals surface area contributed by atoms with Crippen molar-refractivity contribution in [1.82, 2.24) is 4.90 Å². The Morgan fingerprint density at radius 3 is 2.53 bits per heavy atom. The second kappa shape index (κ2) is 10.2. The summed E-state index contributed by atoms with van der Waals surface area (Å²) in [5.41, 5.74) is 3.42. The molecule has 2 aromatic rings. The molecule has 4 amide bonds. The van der Waals surface area contributed by atoms with Crippen LogP contribution in [0.25, 0.3) is 0 Å². The van der Waals surface area contributed by atoms with Crippen LogP contribution in [-0.4, -0.2) is 54.3 Å². The number of amides is 4. The quantitative estimate of drug-likeness (QED) is 0.636. The molecule has 2 saturated heterocycles. The van der Waals surface area contributed by atoms with Crippen molar-refractivity contribution in [3.63, 3.8) is 0 Å². The molecule has 34 heavy (non-hydrogen) atoms. The van der Waals surface area contributed by atoms with Gasteiger partial charge in [0.1, 0.15) is 6.54 Å². The summed E-state index contributed by atoms with van der Waals surface area (Å²) < 4.78 is 5.71. The van der Waals surface area contributed by atoms with Crippen LogP contribution in [0, 0.1) is 13.8 Å². The Balaban J connectivity index is 1.54. The van der Waals surface area contributed by atoms with Crippen LogP contribution in [-0.2, 0) is 19.1 Å². The first kappa shape index (κ1) is 23.6. The summed E-state index contributed by atoms with van der Waals surface area (Å²) in [4.78, 5) is 53.3. The number of rotatable bonds is 7. The van der Waals surface area contributed by atoms with E-state index in [2.05, 4.69) is 5.32 Å². The first-order valence-electron chi connectivity index (χ1n) is 11.6. The smallest absolute Gasteiger partial charge is 0.254 e. The Morgan fingerprint density at radius 1 is 1.09 bits per heavy atom. The zero-order chi connectivity index (χ0) is 24.2. The lowest BCUT2D eigenvalue weighted by Crippen LogP contribution is -2.42. The molecule has 8 heteroatoms. The van der Waals surface area contributed by atoms with Gasteiger partial charge in [0.2, 0.25) is 17.7 Å². The summed E-state index contributed by atoms with van der Waals surface area (Å²) in [5, 5.41) is 2.91. The van der Waals surface area contributed by atoms with Crippen molar-refractivity contribution in [3.8, 4) is 0 Å². The molecule has 0 spiro atoms. The SMILES string of the molecule is Cc1cccc(NC(=O)CN(CC2CCCO2)C(=O)c2cccc(N3C(=O)CCC3=O)c2)c1C. The minimum absolute atomic E-state index is 0.137. The third-order valence-corrected chi connectivity index (χ3v) is 6.35. The van der Waals surface area contributed by atoms with Crippen molar-refractivity contribution in [1.29, 1.82) is 0 Å². The number of imide groups is 1. The maximum Gasteiger partial charge on any atom is 0.254 e. The van der Waals surface area contributed by atoms with Crippen molar-refractivity contribution in [2.24, 2.45) is 0 Å². The van der Waals surface area contributed by atoms with Crippen molar-refractivity contribution in [2.75, 3.05) is 29.9 Å². The number of carbonyl (C=O) groups excluding carboxylic acids is 4. The average Bonchev–Trinajstić information content (AvgIpc) is 3.45. The minimum Gasteiger partial charge on any atom is -0.376 e. The van der Waals surface area contributed by atoms with E-state index in [1.54, 1.807) is 18.2 Å². The zero-order valence-electron chi connectivity index (χ0n) is 19.5. The highest BCUT2D eigenvalue weighted by Crippen LogP contribution is 2.25. The maximum atomic E-state index is 13.5. The molecule has 1 unspecified atom stereocenters. The maximum absolute atomic E-state index is 13.5. The lowest BCUT2D eigenvalue weighted by molar-refractivity contribution is -0.121. The molecule has 1 atom stereocenters. The van der Waals surface area contributed by atoms with Gasteiger partial charge in [-0.15, -0.1) is 0 Å². The van der Waals surface area contributed by atoms with Gasteiger partial charge in [0.25, 0.3) is 5.91 Å². The standard InChI is InChI=1S/C26H29N3O5/c1-17-6-3-10-22(18(17)2)27-23(30)16-28(15-21-9-5-13-34-21)26(33)19-7-4-8-20(14-19)29-24(31)11-12-25(29)32/h3-4,6-8,10,14,21H,5,9,11-13,15-16H2,1-2H3,(H,27,30). The molecule has 2 heterocycles. The van der Waals surface area contributed by atoms with Gasteiger partial charge in [0.05, 0.1) is 11.8 Å². The van der Waals surface area contributed by atoms with Gasteiger partial charge in [-0.1, -0.05) is 18.2 Å². The summed E-state index contributed by atoms with van der Waals surface area (Å²) >= 11 is 0. The number of hydrogen-bond donors (Lipinski definition) is 1. The number of benzene rings is 2. The van der Waals surface area contributed by atoms with Crippen molar-refractivity contribution in [3.05, 3.63) is 59.2 Å². The molecule has 0 bridgehead atoms. The second-order valence-electron chi connectivity index (χ2n) is 8.79. The molecule has 0 aromatic heterocycles. The summed E-state index contributed by atoms with van der Waals surface area (Å²) in [7, 11) is 0. The molecule has 2 fully saturated rings. The van der Waals surface area contributed by atoms with Crippen molar-refractivity contribution >= 4 is 35.0 Å². The Morgan fingerprint density at radius 2 is 1.82 bits per heavy atom. The number of carbonyl (C=O) groups is 4. The second-order valence-corrected chi connectivity index (χ2v) is 8.79. The number of nitrogens with one attached hydrogen (secondary N) is 1. The largest absolute Gasteiger partial charge is 0.376 e. The Hall–Kier alpha value is -3.52. The van der Waals surface area contributed by atoms with E-state index in [0.717, 1.165) is 28.9 Å². The highest BCUT2D eigenvalue weighted by Gasteiger charge is 2.31. The average molecular weight is 464 g/mol. The van der Waals surface area contributed by atoms with E-state index in [4.69, 9.17) is 4.74 Å². The van der Waals surface area contributed by atoms with E-state index in [9.17, 15) is 19.2 Å². The molecule has 0 radical (unpaired) electrons. The van der Waals surface area contributed by atoms with Gasteiger partial charge in [-0.05, 0) is 62.1 Å². The zero-order valence-corrected chi connectivity index (χ0v) is 19.5. The Kier molecular flexibility index (Phi) is 7.07. The summed E-state index contributed by atoms with van der Waals surface area (Å²) in [5.74, 6) is -1.22. The molecule has 2 aromatic carbocycles. The van der Waals surface area contributed by atoms with E-state index < -0.39 is 0 Å². The first-order valence-corrected chi connectivity index (χ1v) is 11.6. The van der Waals surface area contributed by atoms with Crippen molar-refractivity contribution in [2.45, 2.75) is 45.6 Å². The third-order valence-electron chi connectivity index (χ3n) is 6.35. The number of anilines is 2. The van der Waals surface area contributed by atoms with E-state index in [1.165, 1.54) is 11.0 Å². The van der Waals surface area contributed by atoms with Crippen LogP contribution in [0.3, 0.4) is 0 Å². The number of hydrogen-bond acceptors (Lipinski definition) is 5. The van der Waals surface area contributed by atoms with Crippen LogP contribution in [0.15, 0.2) is 42.5 Å². The monoisotopic (exact) mass is 463 g/mol. The van der Waals surface area contributed by atoms with Crippen LogP contribution in [0.5, 0.6) is 0 Å². The fraction of sp³-hybridized carbons (Fsp3) is 0.385. The third kappa shape index (κ3) is 5.17. The summed E-state index contributed by atoms with van der Waals surface area (Å²) in [6, 6.07) is 12.1. The number of aryl methyl sites for hydroxylation is 1. The van der Waals surface area contributed by atoms with Gasteiger partial charge in [0.15, 0.2) is 0 Å². The van der Waals surface area contributed by atoms with Crippen LogP contribution in [0.4, 0.5) is 11.4 Å².